The highest BCUT2D eigenvalue weighted by atomic mass is 35.5. The summed E-state index contributed by atoms with van der Waals surface area (Å²) in [6.45, 7) is 0.616. The van der Waals surface area contributed by atoms with E-state index in [1.165, 1.54) is 10.7 Å². The smallest absolute Gasteiger partial charge is 0.266 e. The van der Waals surface area contributed by atoms with E-state index in [1.54, 1.807) is 6.07 Å². The van der Waals surface area contributed by atoms with Crippen LogP contribution in [-0.2, 0) is 11.3 Å². The number of aliphatic hydroxyl groups is 1. The molecule has 1 heterocycles. The van der Waals surface area contributed by atoms with Crippen molar-refractivity contribution < 1.29 is 9.90 Å². The van der Waals surface area contributed by atoms with Crippen LogP contribution in [0.4, 0.5) is 0 Å². The van der Waals surface area contributed by atoms with Crippen molar-refractivity contribution in [1.82, 2.24) is 15.1 Å². The maximum Gasteiger partial charge on any atom is 0.266 e. The first-order valence-corrected chi connectivity index (χ1v) is 8.89. The van der Waals surface area contributed by atoms with Crippen molar-refractivity contribution in [2.24, 2.45) is 11.7 Å². The number of nitrogens with one attached hydrogen (secondary N) is 1. The Balaban J connectivity index is 0.00000261. The van der Waals surface area contributed by atoms with Crippen molar-refractivity contribution in [2.45, 2.75) is 38.0 Å². The Bertz CT molecular complexity index is 812. The van der Waals surface area contributed by atoms with Crippen LogP contribution >= 0.6 is 12.4 Å². The fourth-order valence-corrected chi connectivity index (χ4v) is 3.23. The normalized spacial score (nSPS) is 21.9. The Labute approximate surface area is 164 Å². The highest BCUT2D eigenvalue weighted by Crippen LogP contribution is 2.23. The van der Waals surface area contributed by atoms with Gasteiger partial charge in [0.25, 0.3) is 5.56 Å². The molecule has 146 valence electrons. The van der Waals surface area contributed by atoms with Gasteiger partial charge in [-0.3, -0.25) is 9.59 Å². The third-order valence-electron chi connectivity index (χ3n) is 4.79. The Hall–Kier alpha value is -2.22. The highest BCUT2D eigenvalue weighted by molar-refractivity contribution is 5.85. The zero-order valence-corrected chi connectivity index (χ0v) is 15.8. The van der Waals surface area contributed by atoms with Gasteiger partial charge in [-0.2, -0.15) is 5.10 Å². The first kappa shape index (κ1) is 21.1. The molecular formula is C19H25ClN4O3. The molecule has 3 rings (SSSR count). The number of hydrogen-bond donors (Lipinski definition) is 3. The van der Waals surface area contributed by atoms with Crippen LogP contribution in [0.15, 0.2) is 47.3 Å². The zero-order chi connectivity index (χ0) is 18.5. The number of carbonyl (C=O) groups excluding carboxylic acids is 1. The molecule has 1 fully saturated rings. The second-order valence-electron chi connectivity index (χ2n) is 6.68. The summed E-state index contributed by atoms with van der Waals surface area (Å²) in [7, 11) is 0. The lowest BCUT2D eigenvalue weighted by atomic mass is 9.84. The van der Waals surface area contributed by atoms with E-state index in [2.05, 4.69) is 10.4 Å². The van der Waals surface area contributed by atoms with Gasteiger partial charge in [0.2, 0.25) is 5.91 Å². The van der Waals surface area contributed by atoms with Gasteiger partial charge in [-0.05, 0) is 25.3 Å². The summed E-state index contributed by atoms with van der Waals surface area (Å²) in [5.74, 6) is -0.270. The SMILES string of the molecule is Cl.N[C@@H]1C[C@@H](C(=O)NCCn2nc(-c3ccccc3)ccc2=O)CC[C@H]1O. The van der Waals surface area contributed by atoms with Gasteiger partial charge in [0.05, 0.1) is 18.3 Å². The molecule has 1 aliphatic carbocycles. The predicted octanol–water partition coefficient (Wildman–Crippen LogP) is 0.937. The van der Waals surface area contributed by atoms with Crippen LogP contribution in [0.2, 0.25) is 0 Å². The van der Waals surface area contributed by atoms with Gasteiger partial charge in [-0.15, -0.1) is 12.4 Å². The fourth-order valence-electron chi connectivity index (χ4n) is 3.23. The molecule has 0 radical (unpaired) electrons. The minimum Gasteiger partial charge on any atom is -0.392 e. The first-order chi connectivity index (χ1) is 12.5. The maximum atomic E-state index is 12.3. The molecule has 1 aliphatic rings. The van der Waals surface area contributed by atoms with Crippen LogP contribution < -0.4 is 16.6 Å². The van der Waals surface area contributed by atoms with Gasteiger partial charge in [-0.25, -0.2) is 4.68 Å². The number of hydrogen-bond acceptors (Lipinski definition) is 5. The van der Waals surface area contributed by atoms with Crippen molar-refractivity contribution in [3.63, 3.8) is 0 Å². The monoisotopic (exact) mass is 392 g/mol. The summed E-state index contributed by atoms with van der Waals surface area (Å²) in [5, 5.41) is 16.9. The van der Waals surface area contributed by atoms with Gasteiger partial charge in [0.15, 0.2) is 0 Å². The molecule has 7 nitrogen and oxygen atoms in total. The summed E-state index contributed by atoms with van der Waals surface area (Å²) in [4.78, 5) is 24.3. The van der Waals surface area contributed by atoms with Crippen LogP contribution in [0.3, 0.4) is 0 Å². The fraction of sp³-hybridized carbons (Fsp3) is 0.421. The number of aromatic nitrogens is 2. The topological polar surface area (TPSA) is 110 Å². The van der Waals surface area contributed by atoms with Crippen LogP contribution in [0, 0.1) is 5.92 Å². The van der Waals surface area contributed by atoms with Gasteiger partial charge >= 0.3 is 0 Å². The highest BCUT2D eigenvalue weighted by Gasteiger charge is 2.30. The third kappa shape index (κ3) is 5.38. The minimum absolute atomic E-state index is 0. The van der Waals surface area contributed by atoms with Gasteiger partial charge in [0, 0.05) is 30.1 Å². The molecule has 1 aromatic heterocycles. The minimum atomic E-state index is -0.525. The van der Waals surface area contributed by atoms with Crippen LogP contribution in [0.5, 0.6) is 0 Å². The van der Waals surface area contributed by atoms with E-state index in [0.717, 1.165) is 5.56 Å². The van der Waals surface area contributed by atoms with E-state index in [4.69, 9.17) is 5.73 Å². The second kappa shape index (κ2) is 9.64. The van der Waals surface area contributed by atoms with Gasteiger partial charge < -0.3 is 16.2 Å². The van der Waals surface area contributed by atoms with Crippen LogP contribution in [0.25, 0.3) is 11.3 Å². The molecule has 0 spiro atoms. The van der Waals surface area contributed by atoms with E-state index in [-0.39, 0.29) is 35.8 Å². The summed E-state index contributed by atoms with van der Waals surface area (Å²) >= 11 is 0. The summed E-state index contributed by atoms with van der Waals surface area (Å²) in [6.07, 6.45) is 1.12. The number of rotatable bonds is 5. The molecule has 0 saturated heterocycles. The Morgan fingerprint density at radius 3 is 2.67 bits per heavy atom. The Morgan fingerprint density at radius 1 is 1.22 bits per heavy atom. The van der Waals surface area contributed by atoms with Gasteiger partial charge in [-0.1, -0.05) is 30.3 Å². The number of carbonyl (C=O) groups is 1. The lowest BCUT2D eigenvalue weighted by molar-refractivity contribution is -0.126. The molecule has 1 amide bonds. The molecule has 2 aromatic rings. The van der Waals surface area contributed by atoms with Crippen LogP contribution in [-0.4, -0.2) is 39.5 Å². The number of halogens is 1. The average molecular weight is 393 g/mol. The number of nitrogens with two attached hydrogens (primary N) is 1. The predicted molar refractivity (Wildman–Crippen MR) is 106 cm³/mol. The van der Waals surface area contributed by atoms with E-state index >= 15 is 0 Å². The van der Waals surface area contributed by atoms with Crippen molar-refractivity contribution in [3.05, 3.63) is 52.8 Å². The van der Waals surface area contributed by atoms with E-state index in [9.17, 15) is 14.7 Å². The third-order valence-corrected chi connectivity index (χ3v) is 4.79. The number of aliphatic hydroxyl groups excluding tert-OH is 1. The van der Waals surface area contributed by atoms with Crippen molar-refractivity contribution in [3.8, 4) is 11.3 Å². The number of benzene rings is 1. The number of nitrogens with zero attached hydrogens (tertiary/aromatic N) is 2. The molecule has 0 unspecified atom stereocenters. The van der Waals surface area contributed by atoms with E-state index in [0.29, 0.717) is 38.0 Å². The molecule has 0 bridgehead atoms. The van der Waals surface area contributed by atoms with Crippen LogP contribution in [0.1, 0.15) is 19.3 Å². The molecule has 8 heteroatoms. The molecule has 1 aromatic carbocycles. The Kier molecular flexibility index (Phi) is 7.53. The van der Waals surface area contributed by atoms with Gasteiger partial charge in [0.1, 0.15) is 0 Å². The van der Waals surface area contributed by atoms with Crippen molar-refractivity contribution in [1.29, 1.82) is 0 Å². The summed E-state index contributed by atoms with van der Waals surface area (Å²) < 4.78 is 1.36. The quantitative estimate of drug-likeness (QED) is 0.701. The average Bonchev–Trinajstić information content (AvgIpc) is 2.66. The van der Waals surface area contributed by atoms with E-state index < -0.39 is 6.10 Å². The lowest BCUT2D eigenvalue weighted by Crippen LogP contribution is -2.45. The zero-order valence-electron chi connectivity index (χ0n) is 15.0. The molecule has 3 atom stereocenters. The first-order valence-electron chi connectivity index (χ1n) is 8.89. The summed E-state index contributed by atoms with van der Waals surface area (Å²) in [5.41, 5.74) is 7.27. The molecule has 1 saturated carbocycles. The second-order valence-corrected chi connectivity index (χ2v) is 6.68. The number of amides is 1. The van der Waals surface area contributed by atoms with E-state index in [1.807, 2.05) is 30.3 Å². The largest absolute Gasteiger partial charge is 0.392 e. The molecular weight excluding hydrogens is 368 g/mol. The lowest BCUT2D eigenvalue weighted by Gasteiger charge is -2.30. The molecule has 0 aliphatic heterocycles. The standard InChI is InChI=1S/C19H24N4O3.ClH/c20-15-12-14(6-8-17(15)24)19(26)21-10-11-23-18(25)9-7-16(22-23)13-4-2-1-3-5-13;/h1-5,7,9,14-15,17,24H,6,8,10-12,20H2,(H,21,26);1H/t14-,15+,17+;/m0./s1. The summed E-state index contributed by atoms with van der Waals surface area (Å²) in [6, 6.07) is 12.4. The van der Waals surface area contributed by atoms with Crippen molar-refractivity contribution >= 4 is 18.3 Å². The molecule has 4 N–H and O–H groups in total. The maximum absolute atomic E-state index is 12.3. The molecule has 27 heavy (non-hydrogen) atoms. The Morgan fingerprint density at radius 2 is 1.96 bits per heavy atom. The van der Waals surface area contributed by atoms with Crippen molar-refractivity contribution in [2.75, 3.05) is 6.54 Å².